The van der Waals surface area contributed by atoms with Crippen LogP contribution in [0.5, 0.6) is 0 Å². The number of rotatable bonds is 4. The molecule has 0 bridgehead atoms. The first-order valence-corrected chi connectivity index (χ1v) is 5.75. The Hall–Kier alpha value is -1.88. The molecule has 94 valence electrons. The predicted octanol–water partition coefficient (Wildman–Crippen LogP) is 2.70. The molecule has 1 aromatic rings. The summed E-state index contributed by atoms with van der Waals surface area (Å²) in [6.07, 6.45) is 3.33. The van der Waals surface area contributed by atoms with E-state index in [1.165, 1.54) is 18.2 Å². The second kappa shape index (κ2) is 4.42. The van der Waals surface area contributed by atoms with Gasteiger partial charge in [0.1, 0.15) is 0 Å². The number of benzene rings is 1. The fraction of sp³-hybridized carbons (Fsp3) is 0.250. The average molecular weight is 267 g/mol. The van der Waals surface area contributed by atoms with Gasteiger partial charge in [0.25, 0.3) is 11.6 Å². The highest BCUT2D eigenvalue weighted by molar-refractivity contribution is 6.34. The molecule has 0 aromatic heterocycles. The molecule has 5 nitrogen and oxygen atoms in total. The predicted molar refractivity (Wildman–Crippen MR) is 67.7 cm³/mol. The van der Waals surface area contributed by atoms with Gasteiger partial charge in [0.2, 0.25) is 0 Å². The lowest BCUT2D eigenvalue weighted by molar-refractivity contribution is -0.384. The van der Waals surface area contributed by atoms with E-state index in [9.17, 15) is 14.9 Å². The lowest BCUT2D eigenvalue weighted by Gasteiger charge is -2.13. The second-order valence-electron chi connectivity index (χ2n) is 4.24. The Bertz CT molecular complexity index is 538. The average Bonchev–Trinajstić information content (AvgIpc) is 3.09. The van der Waals surface area contributed by atoms with Crippen LogP contribution in [0.3, 0.4) is 0 Å². The topological polar surface area (TPSA) is 72.2 Å². The van der Waals surface area contributed by atoms with Gasteiger partial charge < -0.3 is 5.32 Å². The van der Waals surface area contributed by atoms with Crippen molar-refractivity contribution in [1.29, 1.82) is 0 Å². The van der Waals surface area contributed by atoms with Crippen LogP contribution in [0.2, 0.25) is 5.02 Å². The standard InChI is InChI=1S/C12H11ClN2O3/c1-2-12(5-6-12)14-11(16)9-7-8(15(17)18)3-4-10(9)13/h2-4,7H,1,5-6H2,(H,14,16). The van der Waals surface area contributed by atoms with E-state index in [0.29, 0.717) is 0 Å². The van der Waals surface area contributed by atoms with Crippen molar-refractivity contribution in [2.45, 2.75) is 18.4 Å². The SMILES string of the molecule is C=CC1(NC(=O)c2cc([N+](=O)[O-])ccc2Cl)CC1. The minimum atomic E-state index is -0.562. The number of amides is 1. The number of carbonyl (C=O) groups is 1. The van der Waals surface area contributed by atoms with Crippen molar-refractivity contribution >= 4 is 23.2 Å². The Labute approximate surface area is 109 Å². The monoisotopic (exact) mass is 266 g/mol. The third-order valence-electron chi connectivity index (χ3n) is 2.95. The van der Waals surface area contributed by atoms with E-state index >= 15 is 0 Å². The number of hydrogen-bond acceptors (Lipinski definition) is 3. The van der Waals surface area contributed by atoms with E-state index in [0.717, 1.165) is 12.8 Å². The zero-order valence-corrected chi connectivity index (χ0v) is 10.2. The first-order valence-electron chi connectivity index (χ1n) is 5.37. The van der Waals surface area contributed by atoms with E-state index < -0.39 is 10.8 Å². The van der Waals surface area contributed by atoms with Crippen molar-refractivity contribution in [3.8, 4) is 0 Å². The third-order valence-corrected chi connectivity index (χ3v) is 3.28. The highest BCUT2D eigenvalue weighted by Gasteiger charge is 2.41. The molecule has 0 unspecified atom stereocenters. The number of non-ortho nitro benzene ring substituents is 1. The Morgan fingerprint density at radius 1 is 1.56 bits per heavy atom. The van der Waals surface area contributed by atoms with Crippen LogP contribution in [-0.4, -0.2) is 16.4 Å². The molecule has 1 aliphatic rings. The van der Waals surface area contributed by atoms with Crippen LogP contribution >= 0.6 is 11.6 Å². The molecule has 0 spiro atoms. The van der Waals surface area contributed by atoms with Gasteiger partial charge in [-0.1, -0.05) is 17.7 Å². The fourth-order valence-electron chi connectivity index (χ4n) is 1.61. The Morgan fingerprint density at radius 3 is 2.72 bits per heavy atom. The third kappa shape index (κ3) is 2.36. The Balaban J connectivity index is 2.26. The summed E-state index contributed by atoms with van der Waals surface area (Å²) in [4.78, 5) is 22.1. The van der Waals surface area contributed by atoms with E-state index in [4.69, 9.17) is 11.6 Å². The molecule has 1 aromatic carbocycles. The zero-order valence-electron chi connectivity index (χ0n) is 9.48. The molecule has 1 fully saturated rings. The van der Waals surface area contributed by atoms with Crippen LogP contribution in [0.15, 0.2) is 30.9 Å². The van der Waals surface area contributed by atoms with Gasteiger partial charge in [0.05, 0.1) is 21.0 Å². The van der Waals surface area contributed by atoms with Crippen molar-refractivity contribution in [2.24, 2.45) is 0 Å². The fourth-order valence-corrected chi connectivity index (χ4v) is 1.81. The molecular formula is C12H11ClN2O3. The van der Waals surface area contributed by atoms with Gasteiger partial charge in [0.15, 0.2) is 0 Å². The van der Waals surface area contributed by atoms with Gasteiger partial charge in [-0.3, -0.25) is 14.9 Å². The molecule has 0 saturated heterocycles. The first-order chi connectivity index (χ1) is 8.47. The summed E-state index contributed by atoms with van der Waals surface area (Å²) in [5, 5.41) is 13.6. The van der Waals surface area contributed by atoms with E-state index in [2.05, 4.69) is 11.9 Å². The number of nitro benzene ring substituents is 1. The highest BCUT2D eigenvalue weighted by Crippen LogP contribution is 2.37. The molecule has 0 atom stereocenters. The number of nitrogens with one attached hydrogen (secondary N) is 1. The van der Waals surface area contributed by atoms with Gasteiger partial charge >= 0.3 is 0 Å². The molecule has 1 aliphatic carbocycles. The number of nitro groups is 1. The quantitative estimate of drug-likeness (QED) is 0.517. The lowest BCUT2D eigenvalue weighted by atomic mass is 10.1. The van der Waals surface area contributed by atoms with Gasteiger partial charge in [-0.25, -0.2) is 0 Å². The van der Waals surface area contributed by atoms with E-state index in [1.807, 2.05) is 0 Å². The molecule has 0 radical (unpaired) electrons. The molecule has 1 saturated carbocycles. The van der Waals surface area contributed by atoms with Crippen LogP contribution in [-0.2, 0) is 0 Å². The maximum atomic E-state index is 12.0. The molecule has 1 amide bonds. The van der Waals surface area contributed by atoms with Crippen molar-refractivity contribution < 1.29 is 9.72 Å². The number of hydrogen-bond donors (Lipinski definition) is 1. The lowest BCUT2D eigenvalue weighted by Crippen LogP contribution is -2.35. The summed E-state index contributed by atoms with van der Waals surface area (Å²) in [5.74, 6) is -0.416. The summed E-state index contributed by atoms with van der Waals surface area (Å²) in [6.45, 7) is 3.65. The van der Waals surface area contributed by atoms with Crippen molar-refractivity contribution in [2.75, 3.05) is 0 Å². The maximum absolute atomic E-state index is 12.0. The van der Waals surface area contributed by atoms with Crippen LogP contribution in [0.4, 0.5) is 5.69 Å². The summed E-state index contributed by atoms with van der Waals surface area (Å²) in [6, 6.07) is 3.79. The Morgan fingerprint density at radius 2 is 2.22 bits per heavy atom. The second-order valence-corrected chi connectivity index (χ2v) is 4.64. The van der Waals surface area contributed by atoms with Crippen molar-refractivity contribution in [3.05, 3.63) is 51.6 Å². The highest BCUT2D eigenvalue weighted by atomic mass is 35.5. The van der Waals surface area contributed by atoms with Gasteiger partial charge in [-0.05, 0) is 18.9 Å². The summed E-state index contributed by atoms with van der Waals surface area (Å²) in [7, 11) is 0. The van der Waals surface area contributed by atoms with E-state index in [1.54, 1.807) is 6.08 Å². The summed E-state index contributed by atoms with van der Waals surface area (Å²) < 4.78 is 0. The minimum absolute atomic E-state index is 0.110. The first kappa shape index (κ1) is 12.6. The molecule has 18 heavy (non-hydrogen) atoms. The van der Waals surface area contributed by atoms with Crippen LogP contribution < -0.4 is 5.32 Å². The smallest absolute Gasteiger partial charge is 0.270 e. The molecule has 1 N–H and O–H groups in total. The normalized spacial score (nSPS) is 15.8. The largest absolute Gasteiger partial charge is 0.343 e. The Kier molecular flexibility index (Phi) is 3.09. The molecule has 0 aliphatic heterocycles. The zero-order chi connectivity index (χ0) is 13.3. The van der Waals surface area contributed by atoms with Gasteiger partial charge in [-0.15, -0.1) is 6.58 Å². The summed E-state index contributed by atoms with van der Waals surface area (Å²) >= 11 is 5.88. The number of nitrogens with zero attached hydrogens (tertiary/aromatic N) is 1. The minimum Gasteiger partial charge on any atom is -0.343 e. The number of carbonyl (C=O) groups excluding carboxylic acids is 1. The van der Waals surface area contributed by atoms with Gasteiger partial charge in [-0.2, -0.15) is 0 Å². The number of halogens is 1. The van der Waals surface area contributed by atoms with Crippen LogP contribution in [0.1, 0.15) is 23.2 Å². The summed E-state index contributed by atoms with van der Waals surface area (Å²) in [5.41, 5.74) is -0.419. The molecule has 2 rings (SSSR count). The molecule has 6 heteroatoms. The van der Waals surface area contributed by atoms with Crippen molar-refractivity contribution in [1.82, 2.24) is 5.32 Å². The maximum Gasteiger partial charge on any atom is 0.270 e. The van der Waals surface area contributed by atoms with Crippen LogP contribution in [0, 0.1) is 10.1 Å². The van der Waals surface area contributed by atoms with Crippen molar-refractivity contribution in [3.63, 3.8) is 0 Å². The van der Waals surface area contributed by atoms with Crippen LogP contribution in [0.25, 0.3) is 0 Å². The van der Waals surface area contributed by atoms with E-state index in [-0.39, 0.29) is 21.8 Å². The molecular weight excluding hydrogens is 256 g/mol. The molecule has 0 heterocycles. The van der Waals surface area contributed by atoms with Gasteiger partial charge in [0, 0.05) is 12.1 Å².